The van der Waals surface area contributed by atoms with E-state index >= 15 is 0 Å². The number of para-hydroxylation sites is 2. The Morgan fingerprint density at radius 3 is 2.68 bits per heavy atom. The van der Waals surface area contributed by atoms with Gasteiger partial charge < -0.3 is 14.3 Å². The van der Waals surface area contributed by atoms with Gasteiger partial charge in [-0.2, -0.15) is 0 Å². The van der Waals surface area contributed by atoms with Gasteiger partial charge in [-0.25, -0.2) is 9.97 Å². The van der Waals surface area contributed by atoms with Crippen LogP contribution in [0.2, 0.25) is 0 Å². The number of carbonyl (C=O) groups is 1. The summed E-state index contributed by atoms with van der Waals surface area (Å²) in [5.74, 6) is 2.24. The van der Waals surface area contributed by atoms with E-state index < -0.39 is 0 Å². The fourth-order valence-corrected chi connectivity index (χ4v) is 3.20. The van der Waals surface area contributed by atoms with Crippen LogP contribution in [-0.4, -0.2) is 27.0 Å². The zero-order chi connectivity index (χ0) is 19.3. The van der Waals surface area contributed by atoms with Crippen LogP contribution in [0.15, 0.2) is 65.2 Å². The van der Waals surface area contributed by atoms with E-state index in [1.54, 1.807) is 6.20 Å². The van der Waals surface area contributed by atoms with Crippen LogP contribution in [0, 0.1) is 0 Å². The van der Waals surface area contributed by atoms with Gasteiger partial charge in [-0.1, -0.05) is 42.5 Å². The molecular formula is C22H22N4O2. The maximum absolute atomic E-state index is 12.1. The van der Waals surface area contributed by atoms with E-state index in [1.807, 2.05) is 61.6 Å². The van der Waals surface area contributed by atoms with E-state index in [1.165, 1.54) is 0 Å². The molecule has 28 heavy (non-hydrogen) atoms. The van der Waals surface area contributed by atoms with Gasteiger partial charge in [0.05, 0.1) is 17.2 Å². The van der Waals surface area contributed by atoms with Gasteiger partial charge in [-0.05, 0) is 12.1 Å². The van der Waals surface area contributed by atoms with Gasteiger partial charge in [-0.15, -0.1) is 0 Å². The topological polar surface area (TPSA) is 73.0 Å². The maximum Gasteiger partial charge on any atom is 0.220 e. The van der Waals surface area contributed by atoms with Gasteiger partial charge in [0, 0.05) is 38.4 Å². The first-order valence-corrected chi connectivity index (χ1v) is 9.38. The average Bonchev–Trinajstić information content (AvgIpc) is 3.33. The molecule has 0 aliphatic rings. The number of hydrogen-bond donors (Lipinski definition) is 1. The van der Waals surface area contributed by atoms with Crippen LogP contribution in [0.5, 0.6) is 0 Å². The Morgan fingerprint density at radius 1 is 1.07 bits per heavy atom. The summed E-state index contributed by atoms with van der Waals surface area (Å²) in [6, 6.07) is 17.8. The Hall–Kier alpha value is -3.41. The van der Waals surface area contributed by atoms with Crippen LogP contribution in [0.3, 0.4) is 0 Å². The number of amides is 1. The molecule has 0 radical (unpaired) electrons. The minimum absolute atomic E-state index is 0.0155. The van der Waals surface area contributed by atoms with Gasteiger partial charge in [0.1, 0.15) is 5.82 Å². The molecule has 0 spiro atoms. The fourth-order valence-electron chi connectivity index (χ4n) is 3.20. The largest absolute Gasteiger partial charge is 0.441 e. The molecule has 0 aliphatic carbocycles. The van der Waals surface area contributed by atoms with Crippen molar-refractivity contribution < 1.29 is 9.21 Å². The standard InChI is InChI=1S/C22H22N4O2/c1-26-18-10-6-5-9-17(18)25-20(26)13-14-23-21(27)11-12-22-24-15-19(28-22)16-7-3-2-4-8-16/h2-10,15H,11-14H2,1H3,(H,23,27). The summed E-state index contributed by atoms with van der Waals surface area (Å²) in [4.78, 5) is 21.0. The molecule has 2 aromatic carbocycles. The van der Waals surface area contributed by atoms with E-state index in [-0.39, 0.29) is 5.91 Å². The highest BCUT2D eigenvalue weighted by Crippen LogP contribution is 2.20. The number of nitrogens with zero attached hydrogens (tertiary/aromatic N) is 3. The van der Waals surface area contributed by atoms with Gasteiger partial charge in [0.15, 0.2) is 11.7 Å². The van der Waals surface area contributed by atoms with Gasteiger partial charge in [-0.3, -0.25) is 4.79 Å². The number of rotatable bonds is 7. The van der Waals surface area contributed by atoms with Crippen LogP contribution in [-0.2, 0) is 24.7 Å². The van der Waals surface area contributed by atoms with E-state index in [9.17, 15) is 4.79 Å². The van der Waals surface area contributed by atoms with E-state index in [4.69, 9.17) is 4.42 Å². The minimum Gasteiger partial charge on any atom is -0.441 e. The predicted octanol–water partition coefficient (Wildman–Crippen LogP) is 3.52. The highest BCUT2D eigenvalue weighted by atomic mass is 16.4. The molecule has 6 nitrogen and oxygen atoms in total. The van der Waals surface area contributed by atoms with Crippen molar-refractivity contribution in [2.75, 3.05) is 6.54 Å². The Bertz CT molecular complexity index is 1080. The molecule has 6 heteroatoms. The lowest BCUT2D eigenvalue weighted by molar-refractivity contribution is -0.121. The third-order valence-electron chi connectivity index (χ3n) is 4.73. The van der Waals surface area contributed by atoms with Crippen LogP contribution < -0.4 is 5.32 Å². The molecule has 2 heterocycles. The summed E-state index contributed by atoms with van der Waals surface area (Å²) in [6.45, 7) is 0.552. The van der Waals surface area contributed by atoms with Crippen molar-refractivity contribution in [1.82, 2.24) is 19.9 Å². The molecule has 1 amide bonds. The molecule has 0 aliphatic heterocycles. The van der Waals surface area contributed by atoms with Crippen molar-refractivity contribution >= 4 is 16.9 Å². The number of aromatic nitrogens is 3. The molecule has 0 saturated heterocycles. The monoisotopic (exact) mass is 374 g/mol. The number of aryl methyl sites for hydroxylation is 2. The number of hydrogen-bond acceptors (Lipinski definition) is 4. The van der Waals surface area contributed by atoms with E-state index in [2.05, 4.69) is 19.9 Å². The van der Waals surface area contributed by atoms with Crippen molar-refractivity contribution in [2.24, 2.45) is 7.05 Å². The molecule has 0 bridgehead atoms. The molecule has 2 aromatic heterocycles. The zero-order valence-corrected chi connectivity index (χ0v) is 15.8. The lowest BCUT2D eigenvalue weighted by Crippen LogP contribution is -2.26. The molecule has 1 N–H and O–H groups in total. The minimum atomic E-state index is -0.0155. The smallest absolute Gasteiger partial charge is 0.220 e. The van der Waals surface area contributed by atoms with Gasteiger partial charge in [0.2, 0.25) is 5.91 Å². The lowest BCUT2D eigenvalue weighted by atomic mass is 10.2. The van der Waals surface area contributed by atoms with Crippen LogP contribution in [0.1, 0.15) is 18.1 Å². The molecule has 0 fully saturated rings. The summed E-state index contributed by atoms with van der Waals surface area (Å²) >= 11 is 0. The first kappa shape index (κ1) is 18.0. The summed E-state index contributed by atoms with van der Waals surface area (Å²) < 4.78 is 7.81. The summed E-state index contributed by atoms with van der Waals surface area (Å²) in [5, 5.41) is 2.95. The van der Waals surface area contributed by atoms with Crippen molar-refractivity contribution in [3.63, 3.8) is 0 Å². The number of nitrogens with one attached hydrogen (secondary N) is 1. The first-order chi connectivity index (χ1) is 13.7. The maximum atomic E-state index is 12.1. The average molecular weight is 374 g/mol. The molecule has 0 saturated carbocycles. The summed E-state index contributed by atoms with van der Waals surface area (Å²) in [6.07, 6.45) is 3.21. The van der Waals surface area contributed by atoms with E-state index in [0.717, 1.165) is 28.2 Å². The number of imidazole rings is 1. The highest BCUT2D eigenvalue weighted by molar-refractivity contribution is 5.76. The van der Waals surface area contributed by atoms with Crippen molar-refractivity contribution in [2.45, 2.75) is 19.3 Å². The van der Waals surface area contributed by atoms with E-state index in [0.29, 0.717) is 31.7 Å². The fraction of sp³-hybridized carbons (Fsp3) is 0.227. The van der Waals surface area contributed by atoms with Gasteiger partial charge in [0.25, 0.3) is 0 Å². The van der Waals surface area contributed by atoms with Crippen molar-refractivity contribution in [3.05, 3.63) is 72.5 Å². The summed E-state index contributed by atoms with van der Waals surface area (Å²) in [5.41, 5.74) is 3.06. The van der Waals surface area contributed by atoms with Gasteiger partial charge >= 0.3 is 0 Å². The number of fused-ring (bicyclic) bond motifs is 1. The number of carbonyl (C=O) groups excluding carboxylic acids is 1. The Morgan fingerprint density at radius 2 is 1.86 bits per heavy atom. The van der Waals surface area contributed by atoms with Crippen molar-refractivity contribution in [1.29, 1.82) is 0 Å². The third-order valence-corrected chi connectivity index (χ3v) is 4.73. The molecule has 0 atom stereocenters. The number of benzene rings is 2. The number of oxazole rings is 1. The molecule has 4 rings (SSSR count). The second-order valence-corrected chi connectivity index (χ2v) is 6.66. The summed E-state index contributed by atoms with van der Waals surface area (Å²) in [7, 11) is 2.00. The normalized spacial score (nSPS) is 11.0. The second kappa shape index (κ2) is 8.08. The van der Waals surface area contributed by atoms with Crippen LogP contribution in [0.25, 0.3) is 22.4 Å². The van der Waals surface area contributed by atoms with Crippen LogP contribution >= 0.6 is 0 Å². The SMILES string of the molecule is Cn1c(CCNC(=O)CCc2ncc(-c3ccccc3)o2)nc2ccccc21. The Labute approximate surface area is 163 Å². The Kier molecular flexibility index (Phi) is 5.19. The predicted molar refractivity (Wildman–Crippen MR) is 108 cm³/mol. The highest BCUT2D eigenvalue weighted by Gasteiger charge is 2.10. The first-order valence-electron chi connectivity index (χ1n) is 9.38. The van der Waals surface area contributed by atoms with Crippen LogP contribution in [0.4, 0.5) is 0 Å². The molecule has 0 unspecified atom stereocenters. The molecule has 4 aromatic rings. The third kappa shape index (κ3) is 3.96. The second-order valence-electron chi connectivity index (χ2n) is 6.66. The zero-order valence-electron chi connectivity index (χ0n) is 15.8. The quantitative estimate of drug-likeness (QED) is 0.537. The lowest BCUT2D eigenvalue weighted by Gasteiger charge is -2.05. The Balaban J connectivity index is 1.26. The molecule has 142 valence electrons. The van der Waals surface area contributed by atoms with Crippen molar-refractivity contribution in [3.8, 4) is 11.3 Å². The molecular weight excluding hydrogens is 352 g/mol.